The van der Waals surface area contributed by atoms with Gasteiger partial charge in [-0.05, 0) is 53.4 Å². The molecule has 98 valence electrons. The summed E-state index contributed by atoms with van der Waals surface area (Å²) >= 11 is 3.44. The van der Waals surface area contributed by atoms with E-state index in [4.69, 9.17) is 4.74 Å². The van der Waals surface area contributed by atoms with Crippen LogP contribution in [0.4, 0.5) is 0 Å². The van der Waals surface area contributed by atoms with E-state index in [0.717, 1.165) is 39.9 Å². The van der Waals surface area contributed by atoms with Crippen molar-refractivity contribution in [2.75, 3.05) is 6.61 Å². The number of fused-ring (bicyclic) bond motifs is 1. The monoisotopic (exact) mass is 318 g/mol. The van der Waals surface area contributed by atoms with Crippen LogP contribution in [0, 0.1) is 6.92 Å². The topological polar surface area (TPSA) is 29.5 Å². The molecule has 0 radical (unpaired) electrons. The fourth-order valence-electron chi connectivity index (χ4n) is 2.50. The van der Waals surface area contributed by atoms with E-state index in [1.54, 1.807) is 0 Å². The highest BCUT2D eigenvalue weighted by atomic mass is 79.9. The number of rotatable bonds is 2. The van der Waals surface area contributed by atoms with Crippen LogP contribution in [0.5, 0.6) is 5.75 Å². The van der Waals surface area contributed by atoms with Crippen LogP contribution >= 0.6 is 15.9 Å². The number of hydrogen-bond donors (Lipinski definition) is 1. The van der Waals surface area contributed by atoms with Gasteiger partial charge in [0.15, 0.2) is 0 Å². The molecule has 19 heavy (non-hydrogen) atoms. The van der Waals surface area contributed by atoms with Crippen LogP contribution in [0.25, 0.3) is 0 Å². The Bertz CT molecular complexity index is 622. The Balaban J connectivity index is 1.97. The molecule has 1 unspecified atom stereocenters. The fourth-order valence-corrected chi connectivity index (χ4v) is 2.98. The van der Waals surface area contributed by atoms with Crippen LogP contribution in [-0.2, 0) is 6.42 Å². The molecule has 0 aromatic heterocycles. The van der Waals surface area contributed by atoms with Gasteiger partial charge in [-0.25, -0.2) is 0 Å². The molecule has 0 fully saturated rings. The Morgan fingerprint density at radius 1 is 1.21 bits per heavy atom. The highest BCUT2D eigenvalue weighted by molar-refractivity contribution is 9.10. The number of aryl methyl sites for hydroxylation is 1. The van der Waals surface area contributed by atoms with Crippen molar-refractivity contribution in [3.8, 4) is 5.75 Å². The molecule has 1 aliphatic heterocycles. The van der Waals surface area contributed by atoms with Crippen molar-refractivity contribution in [3.05, 3.63) is 63.1 Å². The van der Waals surface area contributed by atoms with Crippen LogP contribution < -0.4 is 4.74 Å². The van der Waals surface area contributed by atoms with Crippen LogP contribution in [0.3, 0.4) is 0 Å². The summed E-state index contributed by atoms with van der Waals surface area (Å²) in [5.74, 6) is 0.948. The molecule has 1 aliphatic rings. The molecule has 1 heterocycles. The fraction of sp³-hybridized carbons (Fsp3) is 0.250. The summed E-state index contributed by atoms with van der Waals surface area (Å²) in [5, 5.41) is 10.5. The van der Waals surface area contributed by atoms with Gasteiger partial charge in [0.2, 0.25) is 0 Å². The number of ether oxygens (including phenoxy) is 1. The van der Waals surface area contributed by atoms with Gasteiger partial charge >= 0.3 is 0 Å². The molecule has 0 spiro atoms. The van der Waals surface area contributed by atoms with Crippen LogP contribution in [-0.4, -0.2) is 11.7 Å². The molecule has 1 N–H and O–H groups in total. The molecule has 0 bridgehead atoms. The first kappa shape index (κ1) is 12.7. The Labute approximate surface area is 121 Å². The van der Waals surface area contributed by atoms with Crippen LogP contribution in [0.2, 0.25) is 0 Å². The summed E-state index contributed by atoms with van der Waals surface area (Å²) in [4.78, 5) is 0. The normalized spacial score (nSPS) is 14.9. The second kappa shape index (κ2) is 4.99. The van der Waals surface area contributed by atoms with Gasteiger partial charge in [-0.1, -0.05) is 28.1 Å². The van der Waals surface area contributed by atoms with E-state index in [1.807, 2.05) is 37.3 Å². The van der Waals surface area contributed by atoms with Gasteiger partial charge in [0.25, 0.3) is 0 Å². The molecule has 0 saturated heterocycles. The van der Waals surface area contributed by atoms with Crippen molar-refractivity contribution < 1.29 is 9.84 Å². The minimum absolute atomic E-state index is 0.584. The summed E-state index contributed by atoms with van der Waals surface area (Å²) in [5.41, 5.74) is 4.14. The van der Waals surface area contributed by atoms with Crippen LogP contribution in [0.1, 0.15) is 28.4 Å². The molecular weight excluding hydrogens is 304 g/mol. The third-order valence-electron chi connectivity index (χ3n) is 3.56. The van der Waals surface area contributed by atoms with Crippen molar-refractivity contribution in [3.63, 3.8) is 0 Å². The zero-order valence-corrected chi connectivity index (χ0v) is 12.3. The molecule has 3 rings (SSSR count). The molecular formula is C16H15BrO2. The van der Waals surface area contributed by atoms with Gasteiger partial charge < -0.3 is 9.84 Å². The van der Waals surface area contributed by atoms with Gasteiger partial charge in [0, 0.05) is 10.9 Å². The predicted molar refractivity (Wildman–Crippen MR) is 78.6 cm³/mol. The average Bonchev–Trinajstić information content (AvgIpc) is 2.85. The second-order valence-electron chi connectivity index (χ2n) is 4.87. The van der Waals surface area contributed by atoms with Crippen molar-refractivity contribution in [2.45, 2.75) is 19.4 Å². The number of hydrogen-bond acceptors (Lipinski definition) is 2. The predicted octanol–water partition coefficient (Wildman–Crippen LogP) is 3.77. The Morgan fingerprint density at radius 2 is 2.05 bits per heavy atom. The minimum atomic E-state index is -0.584. The van der Waals surface area contributed by atoms with E-state index in [2.05, 4.69) is 22.0 Å². The van der Waals surface area contributed by atoms with Crippen LogP contribution in [0.15, 0.2) is 40.9 Å². The molecule has 0 amide bonds. The molecule has 2 aromatic carbocycles. The maximum absolute atomic E-state index is 10.5. The van der Waals surface area contributed by atoms with Gasteiger partial charge in [0.05, 0.1) is 6.61 Å². The number of aliphatic hydroxyl groups is 1. The Kier molecular flexibility index (Phi) is 3.33. The molecule has 1 atom stereocenters. The van der Waals surface area contributed by atoms with Crippen molar-refractivity contribution >= 4 is 15.9 Å². The highest BCUT2D eigenvalue weighted by Gasteiger charge is 2.17. The molecule has 0 aliphatic carbocycles. The third kappa shape index (κ3) is 2.40. The lowest BCUT2D eigenvalue weighted by Gasteiger charge is -2.15. The number of benzene rings is 2. The van der Waals surface area contributed by atoms with Crippen molar-refractivity contribution in [1.29, 1.82) is 0 Å². The molecule has 2 nitrogen and oxygen atoms in total. The Morgan fingerprint density at radius 3 is 2.84 bits per heavy atom. The van der Waals surface area contributed by atoms with Gasteiger partial charge in [-0.15, -0.1) is 0 Å². The highest BCUT2D eigenvalue weighted by Crippen LogP contribution is 2.32. The standard InChI is InChI=1S/C16H15BrO2/c1-10-8-13(17)3-4-14(10)16(18)12-2-5-15-11(9-12)6-7-19-15/h2-5,8-9,16,18H,6-7H2,1H3. The van der Waals surface area contributed by atoms with Crippen molar-refractivity contribution in [1.82, 2.24) is 0 Å². The lowest BCUT2D eigenvalue weighted by atomic mass is 9.96. The number of aliphatic hydroxyl groups excluding tert-OH is 1. The van der Waals surface area contributed by atoms with E-state index < -0.39 is 6.10 Å². The van der Waals surface area contributed by atoms with Crippen molar-refractivity contribution in [2.24, 2.45) is 0 Å². The second-order valence-corrected chi connectivity index (χ2v) is 5.78. The average molecular weight is 319 g/mol. The quantitative estimate of drug-likeness (QED) is 0.913. The van der Waals surface area contributed by atoms with E-state index in [1.165, 1.54) is 5.56 Å². The molecule has 0 saturated carbocycles. The largest absolute Gasteiger partial charge is 0.493 e. The first-order valence-corrected chi connectivity index (χ1v) is 7.14. The van der Waals surface area contributed by atoms with Gasteiger partial charge in [-0.2, -0.15) is 0 Å². The van der Waals surface area contributed by atoms with Gasteiger partial charge in [-0.3, -0.25) is 0 Å². The van der Waals surface area contributed by atoms with Gasteiger partial charge in [0.1, 0.15) is 11.9 Å². The zero-order chi connectivity index (χ0) is 13.4. The lowest BCUT2D eigenvalue weighted by molar-refractivity contribution is 0.219. The third-order valence-corrected chi connectivity index (χ3v) is 4.05. The summed E-state index contributed by atoms with van der Waals surface area (Å²) in [6.07, 6.45) is 0.342. The summed E-state index contributed by atoms with van der Waals surface area (Å²) in [7, 11) is 0. The summed E-state index contributed by atoms with van der Waals surface area (Å²) in [6, 6.07) is 11.9. The zero-order valence-electron chi connectivity index (χ0n) is 10.7. The molecule has 2 aromatic rings. The Hall–Kier alpha value is -1.32. The maximum atomic E-state index is 10.5. The van der Waals surface area contributed by atoms with E-state index >= 15 is 0 Å². The smallest absolute Gasteiger partial charge is 0.122 e. The SMILES string of the molecule is Cc1cc(Br)ccc1C(O)c1ccc2c(c1)CCO2. The van der Waals surface area contributed by atoms with E-state index in [-0.39, 0.29) is 0 Å². The summed E-state index contributed by atoms with van der Waals surface area (Å²) < 4.78 is 6.52. The lowest BCUT2D eigenvalue weighted by Crippen LogP contribution is -2.02. The summed E-state index contributed by atoms with van der Waals surface area (Å²) in [6.45, 7) is 2.76. The first-order valence-electron chi connectivity index (χ1n) is 6.35. The molecule has 3 heteroatoms. The van der Waals surface area contributed by atoms with E-state index in [9.17, 15) is 5.11 Å². The maximum Gasteiger partial charge on any atom is 0.122 e. The van der Waals surface area contributed by atoms with E-state index in [0.29, 0.717) is 0 Å². The minimum Gasteiger partial charge on any atom is -0.493 e. The number of halogens is 1. The first-order chi connectivity index (χ1) is 9.15.